The van der Waals surface area contributed by atoms with Gasteiger partial charge < -0.3 is 26.0 Å². The van der Waals surface area contributed by atoms with Crippen LogP contribution >= 0.6 is 11.6 Å². The van der Waals surface area contributed by atoms with E-state index >= 15 is 0 Å². The maximum absolute atomic E-state index is 12.5. The number of benzene rings is 2. The van der Waals surface area contributed by atoms with Crippen LogP contribution in [0.3, 0.4) is 0 Å². The van der Waals surface area contributed by atoms with Crippen molar-refractivity contribution in [2.45, 2.75) is 26.5 Å². The van der Waals surface area contributed by atoms with Crippen molar-refractivity contribution in [1.29, 1.82) is 0 Å². The van der Waals surface area contributed by atoms with Crippen LogP contribution < -0.4 is 16.0 Å². The van der Waals surface area contributed by atoms with Crippen LogP contribution in [-0.2, 0) is 6.54 Å². The Bertz CT molecular complexity index is 1080. The second-order valence-electron chi connectivity index (χ2n) is 8.13. The zero-order chi connectivity index (χ0) is 24.0. The number of fused-ring (bicyclic) bond motifs is 1. The first-order valence-corrected chi connectivity index (χ1v) is 11.5. The van der Waals surface area contributed by atoms with Crippen LogP contribution in [0.5, 0.6) is 0 Å². The molecule has 1 aromatic heterocycles. The van der Waals surface area contributed by atoms with Gasteiger partial charge in [0, 0.05) is 54.2 Å². The molecule has 1 amide bonds. The van der Waals surface area contributed by atoms with Gasteiger partial charge in [-0.25, -0.2) is 4.98 Å². The Hall–Kier alpha value is -2.87. The quantitative estimate of drug-likeness (QED) is 0.420. The molecule has 2 aromatic carbocycles. The second-order valence-corrected chi connectivity index (χ2v) is 8.56. The smallest absolute Gasteiger partial charge is 0.251 e. The van der Waals surface area contributed by atoms with Gasteiger partial charge in [0.1, 0.15) is 5.82 Å². The summed E-state index contributed by atoms with van der Waals surface area (Å²) in [6, 6.07) is 13.1. The maximum Gasteiger partial charge on any atom is 0.251 e. The second kappa shape index (κ2) is 11.3. The predicted molar refractivity (Wildman–Crippen MR) is 136 cm³/mol. The van der Waals surface area contributed by atoms with Crippen LogP contribution in [0.2, 0.25) is 5.02 Å². The highest BCUT2D eigenvalue weighted by molar-refractivity contribution is 6.31. The molecular formula is C25H32ClN5O2. The molecule has 33 heavy (non-hydrogen) atoms. The Balaban J connectivity index is 1.64. The van der Waals surface area contributed by atoms with Gasteiger partial charge in [-0.3, -0.25) is 4.79 Å². The number of carbonyl (C=O) groups is 1. The zero-order valence-corrected chi connectivity index (χ0v) is 20.1. The topological polar surface area (TPSA) is 94.7 Å². The number of hydrogen-bond acceptors (Lipinski definition) is 6. The van der Waals surface area contributed by atoms with Crippen LogP contribution in [0.4, 0.5) is 11.5 Å². The molecule has 3 rings (SSSR count). The van der Waals surface area contributed by atoms with E-state index in [2.05, 4.69) is 15.2 Å². The minimum atomic E-state index is -0.602. The molecule has 1 unspecified atom stereocenters. The van der Waals surface area contributed by atoms with Crippen LogP contribution in [0.25, 0.3) is 10.8 Å². The highest BCUT2D eigenvalue weighted by atomic mass is 35.5. The highest BCUT2D eigenvalue weighted by Gasteiger charge is 2.14. The molecule has 0 radical (unpaired) electrons. The number of aromatic nitrogens is 1. The number of amides is 1. The van der Waals surface area contributed by atoms with E-state index in [9.17, 15) is 9.90 Å². The van der Waals surface area contributed by atoms with E-state index in [0.717, 1.165) is 35.1 Å². The Morgan fingerprint density at radius 2 is 1.88 bits per heavy atom. The average Bonchev–Trinajstić information content (AvgIpc) is 2.81. The van der Waals surface area contributed by atoms with E-state index < -0.39 is 6.10 Å². The fraction of sp³-hybridized carbons (Fsp3) is 0.360. The summed E-state index contributed by atoms with van der Waals surface area (Å²) in [6.45, 7) is 7.17. The maximum atomic E-state index is 12.5. The van der Waals surface area contributed by atoms with Gasteiger partial charge in [-0.1, -0.05) is 43.6 Å². The molecule has 176 valence electrons. The summed E-state index contributed by atoms with van der Waals surface area (Å²) < 4.78 is 0. The molecular weight excluding hydrogens is 438 g/mol. The molecule has 1 atom stereocenters. The monoisotopic (exact) mass is 469 g/mol. The number of likely N-dealkylation sites (N-methyl/N-ethyl adjacent to an activating group) is 1. The number of nitrogens with two attached hydrogens (primary N) is 1. The normalized spacial score (nSPS) is 12.2. The van der Waals surface area contributed by atoms with Crippen LogP contribution in [0.15, 0.2) is 48.7 Å². The number of carbonyl (C=O) groups excluding carboxylic acids is 1. The average molecular weight is 470 g/mol. The van der Waals surface area contributed by atoms with Gasteiger partial charge in [-0.15, -0.1) is 0 Å². The van der Waals surface area contributed by atoms with Crippen molar-refractivity contribution in [3.63, 3.8) is 0 Å². The first-order chi connectivity index (χ1) is 15.8. The summed E-state index contributed by atoms with van der Waals surface area (Å²) in [6.07, 6.45) is 1.14. The van der Waals surface area contributed by atoms with Crippen molar-refractivity contribution in [3.8, 4) is 0 Å². The number of aliphatic hydroxyl groups excluding tert-OH is 1. The standard InChI is InChI=1S/C25H32ClN5O2/c1-4-31(5-2)16-21(32)14-29-25(33)18-8-6-17(7-9-18)15-30(3)23-22-12-20(26)11-10-19(22)13-28-24(23)27/h6-13,21,32H,4-5,14-16H2,1-3H3,(H2,27,28)(H,29,33). The van der Waals surface area contributed by atoms with Gasteiger partial charge in [0.05, 0.1) is 11.8 Å². The lowest BCUT2D eigenvalue weighted by Crippen LogP contribution is -2.40. The van der Waals surface area contributed by atoms with Crippen molar-refractivity contribution >= 4 is 39.8 Å². The number of nitrogen functional groups attached to an aromatic ring is 1. The van der Waals surface area contributed by atoms with Crippen LogP contribution in [0.1, 0.15) is 29.8 Å². The molecule has 0 aliphatic carbocycles. The number of halogens is 1. The largest absolute Gasteiger partial charge is 0.390 e. The van der Waals surface area contributed by atoms with Crippen LogP contribution in [-0.4, -0.2) is 60.2 Å². The molecule has 3 aromatic rings. The first-order valence-electron chi connectivity index (χ1n) is 11.1. The van der Waals surface area contributed by atoms with Gasteiger partial charge in [-0.05, 0) is 42.9 Å². The predicted octanol–water partition coefficient (Wildman–Crippen LogP) is 3.54. The lowest BCUT2D eigenvalue weighted by molar-refractivity contribution is 0.0869. The summed E-state index contributed by atoms with van der Waals surface area (Å²) in [5.74, 6) is 0.233. The number of aliphatic hydroxyl groups is 1. The first kappa shape index (κ1) is 24.8. The lowest BCUT2D eigenvalue weighted by atomic mass is 10.1. The van der Waals surface area contributed by atoms with E-state index in [-0.39, 0.29) is 12.5 Å². The number of anilines is 2. The van der Waals surface area contributed by atoms with Gasteiger partial charge in [0.25, 0.3) is 5.91 Å². The molecule has 7 nitrogen and oxygen atoms in total. The van der Waals surface area contributed by atoms with E-state index in [4.69, 9.17) is 17.3 Å². The molecule has 1 heterocycles. The number of rotatable bonds is 10. The van der Waals surface area contributed by atoms with Crippen molar-refractivity contribution in [1.82, 2.24) is 15.2 Å². The third-order valence-corrected chi connectivity index (χ3v) is 5.97. The Morgan fingerprint density at radius 3 is 2.55 bits per heavy atom. The van der Waals surface area contributed by atoms with Crippen molar-refractivity contribution in [2.75, 3.05) is 43.9 Å². The summed E-state index contributed by atoms with van der Waals surface area (Å²) in [5.41, 5.74) is 8.58. The summed E-state index contributed by atoms with van der Waals surface area (Å²) >= 11 is 6.20. The molecule has 8 heteroatoms. The number of hydrogen-bond donors (Lipinski definition) is 3. The molecule has 0 aliphatic rings. The van der Waals surface area contributed by atoms with Gasteiger partial charge >= 0.3 is 0 Å². The van der Waals surface area contributed by atoms with Crippen molar-refractivity contribution in [2.24, 2.45) is 0 Å². The highest BCUT2D eigenvalue weighted by Crippen LogP contribution is 2.33. The number of nitrogens with one attached hydrogen (secondary N) is 1. The Kier molecular flexibility index (Phi) is 8.49. The Labute approximate surface area is 200 Å². The van der Waals surface area contributed by atoms with Crippen molar-refractivity contribution < 1.29 is 9.90 Å². The van der Waals surface area contributed by atoms with Gasteiger partial charge in [-0.2, -0.15) is 0 Å². The summed E-state index contributed by atoms with van der Waals surface area (Å²) in [4.78, 5) is 20.9. The molecule has 0 aliphatic heterocycles. The molecule has 0 fully saturated rings. The van der Waals surface area contributed by atoms with Gasteiger partial charge in [0.15, 0.2) is 0 Å². The zero-order valence-electron chi connectivity index (χ0n) is 19.4. The molecule has 0 saturated heterocycles. The number of pyridine rings is 1. The molecule has 0 spiro atoms. The molecule has 0 saturated carbocycles. The van der Waals surface area contributed by atoms with E-state index in [1.165, 1.54) is 0 Å². The van der Waals surface area contributed by atoms with Gasteiger partial charge in [0.2, 0.25) is 0 Å². The third kappa shape index (κ3) is 6.35. The lowest BCUT2D eigenvalue weighted by Gasteiger charge is -2.23. The molecule has 0 bridgehead atoms. The SMILES string of the molecule is CCN(CC)CC(O)CNC(=O)c1ccc(CN(C)c2c(N)ncc3ccc(Cl)cc23)cc1. The minimum absolute atomic E-state index is 0.203. The summed E-state index contributed by atoms with van der Waals surface area (Å²) in [7, 11) is 1.95. The van der Waals surface area contributed by atoms with E-state index in [1.807, 2.05) is 56.1 Å². The fourth-order valence-electron chi connectivity index (χ4n) is 3.86. The molecule has 4 N–H and O–H groups in total. The van der Waals surface area contributed by atoms with E-state index in [0.29, 0.717) is 29.5 Å². The third-order valence-electron chi connectivity index (χ3n) is 5.74. The van der Waals surface area contributed by atoms with Crippen LogP contribution in [0, 0.1) is 0 Å². The summed E-state index contributed by atoms with van der Waals surface area (Å²) in [5, 5.41) is 15.5. The Morgan fingerprint density at radius 1 is 1.18 bits per heavy atom. The minimum Gasteiger partial charge on any atom is -0.390 e. The fourth-order valence-corrected chi connectivity index (χ4v) is 4.03. The number of nitrogens with zero attached hydrogens (tertiary/aromatic N) is 3. The van der Waals surface area contributed by atoms with E-state index in [1.54, 1.807) is 18.3 Å². The van der Waals surface area contributed by atoms with Crippen molar-refractivity contribution in [3.05, 3.63) is 64.8 Å².